The number of phenols is 1. The van der Waals surface area contributed by atoms with Gasteiger partial charge >= 0.3 is 0 Å². The molecule has 1 aliphatic heterocycles. The van der Waals surface area contributed by atoms with Gasteiger partial charge in [-0.2, -0.15) is 0 Å². The smallest absolute Gasteiger partial charge is 0.134 e. The molecule has 2 aromatic rings. The number of ether oxygens (including phenoxy) is 1. The van der Waals surface area contributed by atoms with E-state index in [4.69, 9.17) is 16.3 Å². The Bertz CT molecular complexity index is 805. The average molecular weight is 409 g/mol. The van der Waals surface area contributed by atoms with Gasteiger partial charge in [0.05, 0.1) is 12.1 Å². The quantitative estimate of drug-likeness (QED) is 0.736. The molecule has 3 rings (SSSR count). The summed E-state index contributed by atoms with van der Waals surface area (Å²) in [6.07, 6.45) is 0.630. The minimum absolute atomic E-state index is 0.0786. The number of aromatic hydroxyl groups is 1. The number of phenolic OH excluding ortho intramolecular Hbond substituents is 1. The highest BCUT2D eigenvalue weighted by molar-refractivity contribution is 6.32. The van der Waals surface area contributed by atoms with Gasteiger partial charge < -0.3 is 14.9 Å². The number of nitrogens with zero attached hydrogens (tertiary/aromatic N) is 2. The lowest BCUT2D eigenvalue weighted by Crippen LogP contribution is -2.52. The highest BCUT2D eigenvalue weighted by atomic mass is 35.5. The maximum atomic E-state index is 14.3. The molecule has 0 unspecified atom stereocenters. The first kappa shape index (κ1) is 20.9. The molecule has 0 saturated carbocycles. The number of piperazine rings is 1. The lowest BCUT2D eigenvalue weighted by atomic mass is 10.1. The van der Waals surface area contributed by atoms with Gasteiger partial charge in [0.15, 0.2) is 0 Å². The van der Waals surface area contributed by atoms with E-state index in [0.717, 1.165) is 25.2 Å². The normalized spacial score (nSPS) is 18.4. The predicted octanol–water partition coefficient (Wildman–Crippen LogP) is 3.26. The van der Waals surface area contributed by atoms with Crippen LogP contribution in [0.15, 0.2) is 36.4 Å². The summed E-state index contributed by atoms with van der Waals surface area (Å²) >= 11 is 6.01. The molecule has 0 spiro atoms. The molecule has 5 nitrogen and oxygen atoms in total. The summed E-state index contributed by atoms with van der Waals surface area (Å²) in [6.45, 7) is 3.69. The van der Waals surface area contributed by atoms with Crippen LogP contribution >= 0.6 is 11.6 Å². The van der Waals surface area contributed by atoms with Gasteiger partial charge in [0, 0.05) is 57.0 Å². The van der Waals surface area contributed by atoms with E-state index in [0.29, 0.717) is 35.8 Å². The number of halogens is 2. The molecule has 1 fully saturated rings. The van der Waals surface area contributed by atoms with Gasteiger partial charge in [-0.15, -0.1) is 0 Å². The van der Waals surface area contributed by atoms with E-state index >= 15 is 0 Å². The fraction of sp³-hybridized carbons (Fsp3) is 0.429. The largest absolute Gasteiger partial charge is 0.506 e. The third-order valence-corrected chi connectivity index (χ3v) is 5.51. The Hall–Kier alpha value is -1.86. The second-order valence-corrected chi connectivity index (χ2v) is 7.52. The van der Waals surface area contributed by atoms with Crippen LogP contribution in [0, 0.1) is 5.82 Å². The molecule has 0 aliphatic carbocycles. The fourth-order valence-electron chi connectivity index (χ4n) is 3.64. The SMILES string of the molecule is COc1ccc(CN2CCN(Cc3ccc(O)c(Cl)c3)C[C@H]2CCO)c(F)c1. The zero-order valence-electron chi connectivity index (χ0n) is 15.9. The van der Waals surface area contributed by atoms with Gasteiger partial charge in [0.2, 0.25) is 0 Å². The maximum absolute atomic E-state index is 14.3. The lowest BCUT2D eigenvalue weighted by molar-refractivity contribution is 0.0493. The maximum Gasteiger partial charge on any atom is 0.134 e. The van der Waals surface area contributed by atoms with E-state index in [1.165, 1.54) is 13.2 Å². The van der Waals surface area contributed by atoms with Crippen LogP contribution in [0.3, 0.4) is 0 Å². The molecule has 1 atom stereocenters. The van der Waals surface area contributed by atoms with Crippen molar-refractivity contribution >= 4 is 11.6 Å². The highest BCUT2D eigenvalue weighted by Crippen LogP contribution is 2.26. The standard InChI is InChI=1S/C21H26ClFN2O3/c1-28-18-4-3-16(20(23)11-18)13-25-8-7-24(14-17(25)6-9-26)12-15-2-5-21(27)19(22)10-15/h2-5,10-11,17,26-27H,6-9,12-14H2,1H3/t17-/m1/s1. The summed E-state index contributed by atoms with van der Waals surface area (Å²) in [5.41, 5.74) is 1.66. The second kappa shape index (κ2) is 9.56. The van der Waals surface area contributed by atoms with E-state index in [1.807, 2.05) is 6.07 Å². The first-order valence-corrected chi connectivity index (χ1v) is 9.75. The average Bonchev–Trinajstić information content (AvgIpc) is 2.68. The van der Waals surface area contributed by atoms with Crippen LogP contribution in [0.2, 0.25) is 5.02 Å². The van der Waals surface area contributed by atoms with Gasteiger partial charge in [0.25, 0.3) is 0 Å². The Balaban J connectivity index is 1.66. The molecule has 1 heterocycles. The van der Waals surface area contributed by atoms with E-state index in [9.17, 15) is 14.6 Å². The van der Waals surface area contributed by atoms with Crippen LogP contribution in [0.4, 0.5) is 4.39 Å². The van der Waals surface area contributed by atoms with Crippen molar-refractivity contribution < 1.29 is 19.3 Å². The topological polar surface area (TPSA) is 56.2 Å². The number of benzene rings is 2. The summed E-state index contributed by atoms with van der Waals surface area (Å²) in [6, 6.07) is 10.3. The van der Waals surface area contributed by atoms with Gasteiger partial charge in [-0.25, -0.2) is 4.39 Å². The van der Waals surface area contributed by atoms with Crippen molar-refractivity contribution in [3.05, 3.63) is 58.4 Å². The number of aliphatic hydroxyl groups excluding tert-OH is 1. The van der Waals surface area contributed by atoms with Crippen molar-refractivity contribution in [3.63, 3.8) is 0 Å². The number of hydrogen-bond donors (Lipinski definition) is 2. The summed E-state index contributed by atoms with van der Waals surface area (Å²) in [4.78, 5) is 4.52. The molecule has 0 amide bonds. The van der Waals surface area contributed by atoms with Crippen molar-refractivity contribution in [1.29, 1.82) is 0 Å². The second-order valence-electron chi connectivity index (χ2n) is 7.11. The number of hydrogen-bond acceptors (Lipinski definition) is 5. The molecular weight excluding hydrogens is 383 g/mol. The molecule has 0 aromatic heterocycles. The third kappa shape index (κ3) is 5.14. The summed E-state index contributed by atoms with van der Waals surface area (Å²) in [7, 11) is 1.52. The van der Waals surface area contributed by atoms with Crippen molar-refractivity contribution in [1.82, 2.24) is 9.80 Å². The Morgan fingerprint density at radius 3 is 2.68 bits per heavy atom. The third-order valence-electron chi connectivity index (χ3n) is 5.20. The number of rotatable bonds is 7. The van der Waals surface area contributed by atoms with Crippen molar-refractivity contribution in [2.45, 2.75) is 25.6 Å². The Morgan fingerprint density at radius 1 is 1.18 bits per heavy atom. The van der Waals surface area contributed by atoms with E-state index < -0.39 is 0 Å². The van der Waals surface area contributed by atoms with Crippen molar-refractivity contribution in [3.8, 4) is 11.5 Å². The number of methoxy groups -OCH3 is 1. The first-order valence-electron chi connectivity index (χ1n) is 9.37. The summed E-state index contributed by atoms with van der Waals surface area (Å²) in [5, 5.41) is 19.4. The molecule has 2 aromatic carbocycles. The Morgan fingerprint density at radius 2 is 2.00 bits per heavy atom. The van der Waals surface area contributed by atoms with Crippen LogP contribution in [-0.2, 0) is 13.1 Å². The predicted molar refractivity (Wildman–Crippen MR) is 107 cm³/mol. The van der Waals surface area contributed by atoms with Crippen LogP contribution in [0.25, 0.3) is 0 Å². The summed E-state index contributed by atoms with van der Waals surface area (Å²) in [5.74, 6) is 0.309. The molecule has 28 heavy (non-hydrogen) atoms. The monoisotopic (exact) mass is 408 g/mol. The van der Waals surface area contributed by atoms with E-state index in [1.54, 1.807) is 24.3 Å². The zero-order valence-corrected chi connectivity index (χ0v) is 16.7. The molecule has 1 aliphatic rings. The molecule has 7 heteroatoms. The minimum Gasteiger partial charge on any atom is -0.506 e. The Kier molecular flexibility index (Phi) is 7.13. The molecule has 1 saturated heterocycles. The van der Waals surface area contributed by atoms with Crippen molar-refractivity contribution in [2.24, 2.45) is 0 Å². The summed E-state index contributed by atoms with van der Waals surface area (Å²) < 4.78 is 19.4. The van der Waals surface area contributed by atoms with Crippen molar-refractivity contribution in [2.75, 3.05) is 33.4 Å². The minimum atomic E-state index is -0.275. The van der Waals surface area contributed by atoms with Crippen LogP contribution in [-0.4, -0.2) is 59.4 Å². The number of aliphatic hydroxyl groups is 1. The molecule has 2 N–H and O–H groups in total. The van der Waals surface area contributed by atoms with Crippen LogP contribution in [0.5, 0.6) is 11.5 Å². The van der Waals surface area contributed by atoms with Gasteiger partial charge in [-0.3, -0.25) is 9.80 Å². The van der Waals surface area contributed by atoms with Crippen LogP contribution in [0.1, 0.15) is 17.5 Å². The lowest BCUT2D eigenvalue weighted by Gasteiger charge is -2.41. The zero-order chi connectivity index (χ0) is 20.1. The Labute approximate surface area is 169 Å². The van der Waals surface area contributed by atoms with Gasteiger partial charge in [-0.05, 0) is 30.2 Å². The fourth-order valence-corrected chi connectivity index (χ4v) is 3.84. The molecule has 0 bridgehead atoms. The molecule has 0 radical (unpaired) electrons. The molecule has 152 valence electrons. The van der Waals surface area contributed by atoms with E-state index in [-0.39, 0.29) is 24.2 Å². The molecular formula is C21H26ClFN2O3. The van der Waals surface area contributed by atoms with Gasteiger partial charge in [0.1, 0.15) is 17.3 Å². The van der Waals surface area contributed by atoms with E-state index in [2.05, 4.69) is 9.80 Å². The highest BCUT2D eigenvalue weighted by Gasteiger charge is 2.27. The van der Waals surface area contributed by atoms with Crippen LogP contribution < -0.4 is 4.74 Å². The first-order chi connectivity index (χ1) is 13.5. The van der Waals surface area contributed by atoms with Gasteiger partial charge in [-0.1, -0.05) is 23.7 Å².